The molecule has 0 aliphatic carbocycles. The normalized spacial score (nSPS) is 18.0. The number of benzene rings is 2. The van der Waals surface area contributed by atoms with Gasteiger partial charge in [0.05, 0.1) is 17.7 Å². The average Bonchev–Trinajstić information content (AvgIpc) is 2.67. The van der Waals surface area contributed by atoms with Crippen molar-refractivity contribution >= 4 is 23.5 Å². The fourth-order valence-electron chi connectivity index (χ4n) is 3.42. The fourth-order valence-corrected chi connectivity index (χ4v) is 3.42. The first-order valence-electron chi connectivity index (χ1n) is 8.70. The van der Waals surface area contributed by atoms with Crippen LogP contribution in [0.4, 0.5) is 5.69 Å². The van der Waals surface area contributed by atoms with E-state index in [1.54, 1.807) is 47.4 Å². The van der Waals surface area contributed by atoms with E-state index in [0.717, 1.165) is 11.1 Å². The smallest absolute Gasteiger partial charge is 0.335 e. The summed E-state index contributed by atoms with van der Waals surface area (Å²) in [6.45, 7) is 0.864. The summed E-state index contributed by atoms with van der Waals surface area (Å²) in [6, 6.07) is 12.1. The number of anilines is 1. The third kappa shape index (κ3) is 3.36. The highest BCUT2D eigenvalue weighted by Crippen LogP contribution is 2.30. The van der Waals surface area contributed by atoms with E-state index in [-0.39, 0.29) is 23.8 Å². The number of carbonyl (C=O) groups is 3. The minimum Gasteiger partial charge on any atom is -0.478 e. The number of carbonyl (C=O) groups excluding carboxylic acids is 2. The predicted molar refractivity (Wildman–Crippen MR) is 96.6 cm³/mol. The number of fused-ring (bicyclic) bond motifs is 2. The van der Waals surface area contributed by atoms with Crippen molar-refractivity contribution in [3.8, 4) is 5.75 Å². The van der Waals surface area contributed by atoms with Crippen molar-refractivity contribution in [3.63, 3.8) is 0 Å². The second-order valence-electron chi connectivity index (χ2n) is 6.65. The zero-order valence-electron chi connectivity index (χ0n) is 14.5. The summed E-state index contributed by atoms with van der Waals surface area (Å²) in [6.07, 6.45) is -0.283. The molecular formula is C20H18N2O5. The van der Waals surface area contributed by atoms with Gasteiger partial charge in [0.25, 0.3) is 5.91 Å². The molecule has 0 spiro atoms. The van der Waals surface area contributed by atoms with E-state index in [2.05, 4.69) is 5.32 Å². The van der Waals surface area contributed by atoms with Gasteiger partial charge in [-0.05, 0) is 41.8 Å². The lowest BCUT2D eigenvalue weighted by atomic mass is 9.97. The van der Waals surface area contributed by atoms with Crippen LogP contribution >= 0.6 is 0 Å². The standard InChI is InChI=1S/C20H18N2O5/c23-18(10-17-19(24)21-15-3-1-2-4-16(15)27-17)22-8-7-12-5-6-13(20(25)26)9-14(12)11-22/h1-6,9,17H,7-8,10-11H2,(H,21,24)(H,25,26). The Morgan fingerprint density at radius 3 is 2.81 bits per heavy atom. The molecule has 7 nitrogen and oxygen atoms in total. The van der Waals surface area contributed by atoms with Crippen molar-refractivity contribution in [2.75, 3.05) is 11.9 Å². The zero-order chi connectivity index (χ0) is 19.0. The van der Waals surface area contributed by atoms with Crippen LogP contribution in [0.15, 0.2) is 42.5 Å². The Kier molecular flexibility index (Phi) is 4.27. The number of rotatable bonds is 3. The van der Waals surface area contributed by atoms with E-state index in [1.165, 1.54) is 0 Å². The van der Waals surface area contributed by atoms with Crippen LogP contribution in [0.1, 0.15) is 27.9 Å². The molecule has 4 rings (SSSR count). The molecular weight excluding hydrogens is 348 g/mol. The number of para-hydroxylation sites is 2. The number of nitrogens with one attached hydrogen (secondary N) is 1. The van der Waals surface area contributed by atoms with Gasteiger partial charge in [0.2, 0.25) is 5.91 Å². The topological polar surface area (TPSA) is 95.9 Å². The summed E-state index contributed by atoms with van der Waals surface area (Å²) in [4.78, 5) is 37.7. The molecule has 2 amide bonds. The molecule has 0 aromatic heterocycles. The van der Waals surface area contributed by atoms with Crippen LogP contribution in [-0.2, 0) is 22.6 Å². The van der Waals surface area contributed by atoms with Gasteiger partial charge in [0.1, 0.15) is 5.75 Å². The van der Waals surface area contributed by atoms with Gasteiger partial charge in [-0.2, -0.15) is 0 Å². The first kappa shape index (κ1) is 17.1. The van der Waals surface area contributed by atoms with E-state index in [0.29, 0.717) is 30.9 Å². The number of hydrogen-bond donors (Lipinski definition) is 2. The Morgan fingerprint density at radius 2 is 2.00 bits per heavy atom. The van der Waals surface area contributed by atoms with Crippen LogP contribution in [0.25, 0.3) is 0 Å². The first-order chi connectivity index (χ1) is 13.0. The Morgan fingerprint density at radius 1 is 1.19 bits per heavy atom. The molecule has 138 valence electrons. The molecule has 7 heteroatoms. The summed E-state index contributed by atoms with van der Waals surface area (Å²) < 4.78 is 5.69. The van der Waals surface area contributed by atoms with Gasteiger partial charge in [0.15, 0.2) is 6.10 Å². The minimum atomic E-state index is -0.993. The number of carboxylic acids is 1. The zero-order valence-corrected chi connectivity index (χ0v) is 14.5. The summed E-state index contributed by atoms with van der Waals surface area (Å²) in [7, 11) is 0. The van der Waals surface area contributed by atoms with E-state index >= 15 is 0 Å². The van der Waals surface area contributed by atoms with E-state index in [9.17, 15) is 14.4 Å². The molecule has 2 aliphatic heterocycles. The Hall–Kier alpha value is -3.35. The molecule has 0 saturated carbocycles. The fraction of sp³-hybridized carbons (Fsp3) is 0.250. The van der Waals surface area contributed by atoms with Gasteiger partial charge in [-0.15, -0.1) is 0 Å². The van der Waals surface area contributed by atoms with Crippen LogP contribution in [0.2, 0.25) is 0 Å². The molecule has 2 aromatic carbocycles. The summed E-state index contributed by atoms with van der Waals surface area (Å²) in [5.74, 6) is -0.981. The van der Waals surface area contributed by atoms with E-state index in [4.69, 9.17) is 9.84 Å². The summed E-state index contributed by atoms with van der Waals surface area (Å²) in [5.41, 5.74) is 2.67. The monoisotopic (exact) mass is 366 g/mol. The molecule has 2 aromatic rings. The lowest BCUT2D eigenvalue weighted by molar-refractivity contribution is -0.137. The number of carboxylic acid groups (broad SMARTS) is 1. The Balaban J connectivity index is 1.46. The van der Waals surface area contributed by atoms with Crippen molar-refractivity contribution < 1.29 is 24.2 Å². The largest absolute Gasteiger partial charge is 0.478 e. The maximum atomic E-state index is 12.7. The third-order valence-corrected chi connectivity index (χ3v) is 4.88. The molecule has 0 bridgehead atoms. The molecule has 0 fully saturated rings. The van der Waals surface area contributed by atoms with Crippen molar-refractivity contribution in [2.24, 2.45) is 0 Å². The predicted octanol–water partition coefficient (Wildman–Crippen LogP) is 2.06. The number of nitrogens with zero attached hydrogens (tertiary/aromatic N) is 1. The maximum absolute atomic E-state index is 12.7. The highest BCUT2D eigenvalue weighted by atomic mass is 16.5. The third-order valence-electron chi connectivity index (χ3n) is 4.88. The molecule has 2 heterocycles. The van der Waals surface area contributed by atoms with E-state index in [1.807, 2.05) is 0 Å². The molecule has 27 heavy (non-hydrogen) atoms. The second-order valence-corrected chi connectivity index (χ2v) is 6.65. The van der Waals surface area contributed by atoms with Gasteiger partial charge in [-0.25, -0.2) is 4.79 Å². The number of amides is 2. The highest BCUT2D eigenvalue weighted by Gasteiger charge is 2.32. The summed E-state index contributed by atoms with van der Waals surface area (Å²) >= 11 is 0. The number of aromatic carboxylic acids is 1. The lowest BCUT2D eigenvalue weighted by Crippen LogP contribution is -2.43. The molecule has 2 N–H and O–H groups in total. The van der Waals surface area contributed by atoms with Crippen LogP contribution in [0.5, 0.6) is 5.75 Å². The van der Waals surface area contributed by atoms with Crippen LogP contribution in [-0.4, -0.2) is 40.4 Å². The minimum absolute atomic E-state index is 0.0614. The lowest BCUT2D eigenvalue weighted by Gasteiger charge is -2.31. The van der Waals surface area contributed by atoms with Crippen molar-refractivity contribution in [1.29, 1.82) is 0 Å². The maximum Gasteiger partial charge on any atom is 0.335 e. The van der Waals surface area contributed by atoms with Gasteiger partial charge in [-0.3, -0.25) is 9.59 Å². The molecule has 1 unspecified atom stereocenters. The molecule has 0 saturated heterocycles. The van der Waals surface area contributed by atoms with Crippen LogP contribution < -0.4 is 10.1 Å². The summed E-state index contributed by atoms with van der Waals surface area (Å²) in [5, 5.41) is 11.9. The van der Waals surface area contributed by atoms with Gasteiger partial charge < -0.3 is 20.1 Å². The van der Waals surface area contributed by atoms with Crippen LogP contribution in [0, 0.1) is 0 Å². The second kappa shape index (κ2) is 6.75. The Bertz CT molecular complexity index is 940. The Labute approximate surface area is 155 Å². The van der Waals surface area contributed by atoms with Gasteiger partial charge >= 0.3 is 5.97 Å². The quantitative estimate of drug-likeness (QED) is 0.867. The highest BCUT2D eigenvalue weighted by molar-refractivity contribution is 6.00. The van der Waals surface area contributed by atoms with Crippen molar-refractivity contribution in [1.82, 2.24) is 4.90 Å². The van der Waals surface area contributed by atoms with E-state index < -0.39 is 12.1 Å². The molecule has 0 radical (unpaired) electrons. The van der Waals surface area contributed by atoms with Gasteiger partial charge in [-0.1, -0.05) is 18.2 Å². The average molecular weight is 366 g/mol. The molecule has 1 atom stereocenters. The van der Waals surface area contributed by atoms with Crippen LogP contribution in [0.3, 0.4) is 0 Å². The van der Waals surface area contributed by atoms with Gasteiger partial charge in [0, 0.05) is 13.1 Å². The number of hydrogen-bond acceptors (Lipinski definition) is 4. The number of ether oxygens (including phenoxy) is 1. The first-order valence-corrected chi connectivity index (χ1v) is 8.70. The molecule has 2 aliphatic rings. The van der Waals surface area contributed by atoms with Crippen molar-refractivity contribution in [3.05, 3.63) is 59.2 Å². The van der Waals surface area contributed by atoms with Crippen molar-refractivity contribution in [2.45, 2.75) is 25.5 Å². The SMILES string of the molecule is O=C(O)c1ccc2c(c1)CN(C(=O)CC1Oc3ccccc3NC1=O)CC2.